The minimum absolute atomic E-state index is 0.343. The Morgan fingerprint density at radius 2 is 2.12 bits per heavy atom. The average molecular weight is 395 g/mol. The van der Waals surface area contributed by atoms with Crippen molar-refractivity contribution in [1.29, 1.82) is 0 Å². The zero-order valence-electron chi connectivity index (χ0n) is 9.21. The summed E-state index contributed by atoms with van der Waals surface area (Å²) < 4.78 is 1.21. The summed E-state index contributed by atoms with van der Waals surface area (Å²) in [5.74, 6) is 0. The molecule has 4 heteroatoms. The fourth-order valence-electron chi connectivity index (χ4n) is 1.61. The van der Waals surface area contributed by atoms with Gasteiger partial charge >= 0.3 is 0 Å². The topological polar surface area (TPSA) is 0 Å². The fourth-order valence-corrected chi connectivity index (χ4v) is 4.16. The van der Waals surface area contributed by atoms with Crippen molar-refractivity contribution in [3.63, 3.8) is 0 Å². The van der Waals surface area contributed by atoms with Gasteiger partial charge in [-0.05, 0) is 58.6 Å². The minimum Gasteiger partial charge on any atom is -0.132 e. The van der Waals surface area contributed by atoms with Crippen molar-refractivity contribution in [2.24, 2.45) is 0 Å². The molecule has 0 amide bonds. The lowest BCUT2D eigenvalue weighted by molar-refractivity contribution is 0.969. The monoisotopic (exact) mass is 392 g/mol. The highest BCUT2D eigenvalue weighted by atomic mass is 79.9. The standard InChI is InChI=1S/C13H11Br2ClS/c1-8-5-12(17-13(8)15)11(14)7-9-3-2-4-10(16)6-9/h2-6,11H,7H2,1H3. The molecule has 0 N–H and O–H groups in total. The molecule has 0 nitrogen and oxygen atoms in total. The van der Waals surface area contributed by atoms with Gasteiger partial charge in [-0.1, -0.05) is 39.7 Å². The van der Waals surface area contributed by atoms with Gasteiger partial charge in [-0.25, -0.2) is 0 Å². The molecule has 2 rings (SSSR count). The molecule has 1 unspecified atom stereocenters. The van der Waals surface area contributed by atoms with Crippen LogP contribution < -0.4 is 0 Å². The number of thiophene rings is 1. The van der Waals surface area contributed by atoms with Crippen molar-refractivity contribution in [2.45, 2.75) is 18.2 Å². The highest BCUT2D eigenvalue weighted by Gasteiger charge is 2.13. The van der Waals surface area contributed by atoms with Crippen molar-refractivity contribution in [1.82, 2.24) is 0 Å². The Balaban J connectivity index is 2.14. The third kappa shape index (κ3) is 3.57. The van der Waals surface area contributed by atoms with Crippen LogP contribution in [0.4, 0.5) is 0 Å². The van der Waals surface area contributed by atoms with Crippen molar-refractivity contribution >= 4 is 54.8 Å². The van der Waals surface area contributed by atoms with Gasteiger partial charge in [0.15, 0.2) is 0 Å². The lowest BCUT2D eigenvalue weighted by Gasteiger charge is -2.07. The summed E-state index contributed by atoms with van der Waals surface area (Å²) in [6.45, 7) is 2.11. The third-order valence-electron chi connectivity index (χ3n) is 2.49. The van der Waals surface area contributed by atoms with Gasteiger partial charge in [-0.3, -0.25) is 0 Å². The molecule has 0 radical (unpaired) electrons. The molecule has 0 aliphatic carbocycles. The van der Waals surface area contributed by atoms with Gasteiger partial charge in [0.2, 0.25) is 0 Å². The second kappa shape index (κ2) is 5.87. The van der Waals surface area contributed by atoms with Crippen LogP contribution in [-0.2, 0) is 6.42 Å². The molecule has 1 heterocycles. The molecule has 0 saturated heterocycles. The van der Waals surface area contributed by atoms with Crippen molar-refractivity contribution < 1.29 is 0 Å². The predicted molar refractivity (Wildman–Crippen MR) is 83.6 cm³/mol. The Labute approximate surface area is 127 Å². The number of hydrogen-bond donors (Lipinski definition) is 0. The van der Waals surface area contributed by atoms with Crippen molar-refractivity contribution in [3.8, 4) is 0 Å². The molecular formula is C13H11Br2ClS. The van der Waals surface area contributed by atoms with E-state index in [-0.39, 0.29) is 0 Å². The molecule has 1 atom stereocenters. The first-order valence-electron chi connectivity index (χ1n) is 5.20. The molecule has 1 aromatic heterocycles. The van der Waals surface area contributed by atoms with Crippen LogP contribution in [0.25, 0.3) is 0 Å². The molecular weight excluding hydrogens is 383 g/mol. The molecule has 0 spiro atoms. The van der Waals surface area contributed by atoms with E-state index in [0.717, 1.165) is 11.4 Å². The summed E-state index contributed by atoms with van der Waals surface area (Å²) in [7, 11) is 0. The van der Waals surface area contributed by atoms with Gasteiger partial charge in [-0.2, -0.15) is 0 Å². The lowest BCUT2D eigenvalue weighted by Crippen LogP contribution is -1.92. The predicted octanol–water partition coefficient (Wildman–Crippen LogP) is 6.15. The van der Waals surface area contributed by atoms with Crippen molar-refractivity contribution in [3.05, 3.63) is 55.1 Å². The van der Waals surface area contributed by atoms with E-state index in [4.69, 9.17) is 11.6 Å². The highest BCUT2D eigenvalue weighted by Crippen LogP contribution is 2.37. The van der Waals surface area contributed by atoms with E-state index in [9.17, 15) is 0 Å². The Hall–Kier alpha value is 0.170. The largest absolute Gasteiger partial charge is 0.132 e. The first kappa shape index (κ1) is 13.6. The van der Waals surface area contributed by atoms with Crippen LogP contribution in [0.15, 0.2) is 34.1 Å². The Kier molecular flexibility index (Phi) is 4.70. The van der Waals surface area contributed by atoms with E-state index in [1.807, 2.05) is 18.2 Å². The van der Waals surface area contributed by atoms with Gasteiger partial charge < -0.3 is 0 Å². The van der Waals surface area contributed by atoms with Crippen LogP contribution in [0, 0.1) is 6.92 Å². The summed E-state index contributed by atoms with van der Waals surface area (Å²) in [6.07, 6.45) is 0.951. The maximum Gasteiger partial charge on any atom is 0.0730 e. The second-order valence-corrected chi connectivity index (χ2v) is 7.85. The SMILES string of the molecule is Cc1cc(C(Br)Cc2cccc(Cl)c2)sc1Br. The fraction of sp³-hybridized carbons (Fsp3) is 0.231. The first-order chi connectivity index (χ1) is 8.06. The lowest BCUT2D eigenvalue weighted by atomic mass is 10.1. The Bertz CT molecular complexity index is 502. The second-order valence-electron chi connectivity index (χ2n) is 3.91. The van der Waals surface area contributed by atoms with Gasteiger partial charge in [0.1, 0.15) is 0 Å². The van der Waals surface area contributed by atoms with E-state index in [1.54, 1.807) is 11.3 Å². The van der Waals surface area contributed by atoms with Gasteiger partial charge in [0, 0.05) is 9.90 Å². The summed E-state index contributed by atoms with van der Waals surface area (Å²) >= 11 is 15.1. The number of aryl methyl sites for hydroxylation is 1. The van der Waals surface area contributed by atoms with E-state index in [0.29, 0.717) is 4.83 Å². The molecule has 17 heavy (non-hydrogen) atoms. The molecule has 1 aromatic carbocycles. The molecule has 0 fully saturated rings. The van der Waals surface area contributed by atoms with Crippen LogP contribution in [-0.4, -0.2) is 0 Å². The summed E-state index contributed by atoms with van der Waals surface area (Å²) in [6, 6.07) is 10.2. The van der Waals surface area contributed by atoms with Crippen LogP contribution in [0.1, 0.15) is 20.8 Å². The van der Waals surface area contributed by atoms with Crippen LogP contribution in [0.2, 0.25) is 5.02 Å². The average Bonchev–Trinajstić information content (AvgIpc) is 2.59. The number of halogens is 3. The van der Waals surface area contributed by atoms with Crippen LogP contribution >= 0.6 is 54.8 Å². The van der Waals surface area contributed by atoms with E-state index < -0.39 is 0 Å². The zero-order chi connectivity index (χ0) is 12.4. The van der Waals surface area contributed by atoms with E-state index >= 15 is 0 Å². The molecule has 0 bridgehead atoms. The van der Waals surface area contributed by atoms with E-state index in [1.165, 1.54) is 19.8 Å². The quantitative estimate of drug-likeness (QED) is 0.548. The third-order valence-corrected chi connectivity index (χ3v) is 6.09. The van der Waals surface area contributed by atoms with Crippen LogP contribution in [0.3, 0.4) is 0 Å². The van der Waals surface area contributed by atoms with Gasteiger partial charge in [0.25, 0.3) is 0 Å². The number of hydrogen-bond acceptors (Lipinski definition) is 1. The van der Waals surface area contributed by atoms with Crippen LogP contribution in [0.5, 0.6) is 0 Å². The maximum absolute atomic E-state index is 5.98. The summed E-state index contributed by atoms with van der Waals surface area (Å²) in [4.78, 5) is 1.69. The number of rotatable bonds is 3. The minimum atomic E-state index is 0.343. The zero-order valence-corrected chi connectivity index (χ0v) is 14.0. The molecule has 90 valence electrons. The smallest absolute Gasteiger partial charge is 0.0730 e. The van der Waals surface area contributed by atoms with E-state index in [2.05, 4.69) is 50.9 Å². The van der Waals surface area contributed by atoms with Gasteiger partial charge in [-0.15, -0.1) is 11.3 Å². The number of benzene rings is 1. The van der Waals surface area contributed by atoms with Gasteiger partial charge in [0.05, 0.1) is 8.61 Å². The summed E-state index contributed by atoms with van der Waals surface area (Å²) in [5, 5.41) is 0.797. The molecule has 0 saturated carbocycles. The molecule has 2 aromatic rings. The maximum atomic E-state index is 5.98. The normalized spacial score (nSPS) is 12.7. The first-order valence-corrected chi connectivity index (χ1v) is 8.11. The molecule has 0 aliphatic heterocycles. The molecule has 0 aliphatic rings. The summed E-state index contributed by atoms with van der Waals surface area (Å²) in [5.41, 5.74) is 2.54. The number of alkyl halides is 1. The Morgan fingerprint density at radius 1 is 1.35 bits per heavy atom. The highest BCUT2D eigenvalue weighted by molar-refractivity contribution is 9.11. The Morgan fingerprint density at radius 3 is 2.71 bits per heavy atom. The van der Waals surface area contributed by atoms with Crippen molar-refractivity contribution in [2.75, 3.05) is 0 Å².